The molecule has 0 aromatic heterocycles. The largest absolute Gasteiger partial charge is 0.494 e. The quantitative estimate of drug-likeness (QED) is 0.763. The van der Waals surface area contributed by atoms with E-state index in [1.54, 1.807) is 24.3 Å². The van der Waals surface area contributed by atoms with Gasteiger partial charge < -0.3 is 9.47 Å². The van der Waals surface area contributed by atoms with E-state index in [0.29, 0.717) is 5.56 Å². The van der Waals surface area contributed by atoms with Crippen LogP contribution in [0.2, 0.25) is 0 Å². The molecular formula is C15H13BrF2O2. The van der Waals surface area contributed by atoms with Gasteiger partial charge in [0.05, 0.1) is 19.0 Å². The SMILES string of the molecule is COc1ccc(C(Br)c2ccc(F)c(OC)c2)cc1F. The molecule has 0 spiro atoms. The van der Waals surface area contributed by atoms with E-state index in [2.05, 4.69) is 15.9 Å². The van der Waals surface area contributed by atoms with E-state index in [-0.39, 0.29) is 16.3 Å². The standard InChI is InChI=1S/C15H13BrF2O2/c1-19-13-6-4-9(7-12(13)18)15(16)10-3-5-11(17)14(8-10)20-2/h3-8,15H,1-2H3. The van der Waals surface area contributed by atoms with Crippen molar-refractivity contribution < 1.29 is 18.3 Å². The Hall–Kier alpha value is -1.62. The highest BCUT2D eigenvalue weighted by Gasteiger charge is 2.15. The second-order valence-electron chi connectivity index (χ2n) is 4.15. The highest BCUT2D eigenvalue weighted by molar-refractivity contribution is 9.09. The molecule has 0 bridgehead atoms. The zero-order chi connectivity index (χ0) is 14.7. The van der Waals surface area contributed by atoms with Gasteiger partial charge in [-0.25, -0.2) is 8.78 Å². The third kappa shape index (κ3) is 2.93. The van der Waals surface area contributed by atoms with Gasteiger partial charge in [-0.15, -0.1) is 0 Å². The molecule has 0 fully saturated rings. The van der Waals surface area contributed by atoms with Crippen LogP contribution in [0.25, 0.3) is 0 Å². The summed E-state index contributed by atoms with van der Waals surface area (Å²) >= 11 is 3.48. The molecule has 2 aromatic rings. The summed E-state index contributed by atoms with van der Waals surface area (Å²) in [5, 5.41) is 0. The molecule has 0 amide bonds. The number of rotatable bonds is 4. The number of hydrogen-bond acceptors (Lipinski definition) is 2. The fourth-order valence-corrected chi connectivity index (χ4v) is 2.44. The Kier molecular flexibility index (Phi) is 4.60. The third-order valence-corrected chi connectivity index (χ3v) is 3.99. The topological polar surface area (TPSA) is 18.5 Å². The van der Waals surface area contributed by atoms with Crippen LogP contribution in [-0.2, 0) is 0 Å². The van der Waals surface area contributed by atoms with Crippen LogP contribution in [0.3, 0.4) is 0 Å². The van der Waals surface area contributed by atoms with Gasteiger partial charge in [0.15, 0.2) is 23.1 Å². The van der Waals surface area contributed by atoms with Gasteiger partial charge in [0.1, 0.15) is 0 Å². The number of methoxy groups -OCH3 is 2. The van der Waals surface area contributed by atoms with Crippen molar-refractivity contribution >= 4 is 15.9 Å². The van der Waals surface area contributed by atoms with E-state index in [1.165, 1.54) is 26.4 Å². The van der Waals surface area contributed by atoms with Gasteiger partial charge >= 0.3 is 0 Å². The number of ether oxygens (including phenoxy) is 2. The lowest BCUT2D eigenvalue weighted by atomic mass is 10.0. The summed E-state index contributed by atoms with van der Waals surface area (Å²) in [4.78, 5) is -0.266. The Morgan fingerprint density at radius 2 is 1.45 bits per heavy atom. The first-order chi connectivity index (χ1) is 9.56. The third-order valence-electron chi connectivity index (χ3n) is 2.94. The van der Waals surface area contributed by atoms with E-state index >= 15 is 0 Å². The van der Waals surface area contributed by atoms with Crippen molar-refractivity contribution in [1.29, 1.82) is 0 Å². The molecule has 20 heavy (non-hydrogen) atoms. The summed E-state index contributed by atoms with van der Waals surface area (Å²) in [5.41, 5.74) is 1.48. The van der Waals surface area contributed by atoms with Crippen molar-refractivity contribution in [3.63, 3.8) is 0 Å². The molecule has 0 aliphatic rings. The maximum Gasteiger partial charge on any atom is 0.165 e. The molecule has 5 heteroatoms. The summed E-state index contributed by atoms with van der Waals surface area (Å²) < 4.78 is 36.9. The fourth-order valence-electron chi connectivity index (χ4n) is 1.87. The number of benzene rings is 2. The van der Waals surface area contributed by atoms with Crippen molar-refractivity contribution in [2.24, 2.45) is 0 Å². The smallest absolute Gasteiger partial charge is 0.165 e. The van der Waals surface area contributed by atoms with Gasteiger partial charge in [-0.1, -0.05) is 28.1 Å². The van der Waals surface area contributed by atoms with Crippen LogP contribution < -0.4 is 9.47 Å². The molecule has 1 unspecified atom stereocenters. The molecule has 0 aliphatic heterocycles. The predicted octanol–water partition coefficient (Wildman–Crippen LogP) is 4.47. The highest BCUT2D eigenvalue weighted by atomic mass is 79.9. The molecular weight excluding hydrogens is 330 g/mol. The van der Waals surface area contributed by atoms with Crippen LogP contribution >= 0.6 is 15.9 Å². The van der Waals surface area contributed by atoms with Crippen LogP contribution in [0, 0.1) is 11.6 Å². The van der Waals surface area contributed by atoms with Gasteiger partial charge in [0.25, 0.3) is 0 Å². The Balaban J connectivity index is 2.35. The molecule has 0 aliphatic carbocycles. The van der Waals surface area contributed by atoms with Crippen LogP contribution in [0.15, 0.2) is 36.4 Å². The van der Waals surface area contributed by atoms with E-state index in [4.69, 9.17) is 9.47 Å². The molecule has 2 rings (SSSR count). The summed E-state index contributed by atoms with van der Waals surface area (Å²) in [6.45, 7) is 0. The lowest BCUT2D eigenvalue weighted by molar-refractivity contribution is 0.385. The molecule has 0 N–H and O–H groups in total. The summed E-state index contributed by atoms with van der Waals surface area (Å²) in [7, 11) is 2.81. The Morgan fingerprint density at radius 3 is 2.05 bits per heavy atom. The zero-order valence-electron chi connectivity index (χ0n) is 11.0. The van der Waals surface area contributed by atoms with E-state index < -0.39 is 11.6 Å². The van der Waals surface area contributed by atoms with Gasteiger partial charge in [-0.05, 0) is 35.4 Å². The van der Waals surface area contributed by atoms with Gasteiger partial charge in [0, 0.05) is 0 Å². The Bertz CT molecular complexity index is 617. The van der Waals surface area contributed by atoms with E-state index in [1.807, 2.05) is 0 Å². The van der Waals surface area contributed by atoms with Gasteiger partial charge in [0.2, 0.25) is 0 Å². The maximum atomic E-state index is 13.7. The molecule has 0 saturated carbocycles. The van der Waals surface area contributed by atoms with Crippen LogP contribution in [0.1, 0.15) is 16.0 Å². The second kappa shape index (κ2) is 6.22. The van der Waals surface area contributed by atoms with E-state index in [9.17, 15) is 8.78 Å². The van der Waals surface area contributed by atoms with Gasteiger partial charge in [-0.3, -0.25) is 0 Å². The molecule has 0 saturated heterocycles. The number of halogens is 3. The molecule has 0 heterocycles. The summed E-state index contributed by atoms with van der Waals surface area (Å²) in [5.74, 6) is -0.536. The number of alkyl halides is 1. The lowest BCUT2D eigenvalue weighted by Gasteiger charge is -2.13. The first kappa shape index (κ1) is 14.8. The monoisotopic (exact) mass is 342 g/mol. The Labute approximate surface area is 124 Å². The Morgan fingerprint density at radius 1 is 0.850 bits per heavy atom. The molecule has 0 radical (unpaired) electrons. The van der Waals surface area contributed by atoms with Crippen molar-refractivity contribution in [3.8, 4) is 11.5 Å². The molecule has 2 aromatic carbocycles. The fraction of sp³-hybridized carbons (Fsp3) is 0.200. The van der Waals surface area contributed by atoms with Crippen LogP contribution in [-0.4, -0.2) is 14.2 Å². The molecule has 1 atom stereocenters. The van der Waals surface area contributed by atoms with E-state index in [0.717, 1.165) is 5.56 Å². The highest BCUT2D eigenvalue weighted by Crippen LogP contribution is 2.35. The van der Waals surface area contributed by atoms with Gasteiger partial charge in [-0.2, -0.15) is 0 Å². The predicted molar refractivity (Wildman–Crippen MR) is 76.7 cm³/mol. The summed E-state index contributed by atoms with van der Waals surface area (Å²) in [6.07, 6.45) is 0. The van der Waals surface area contributed by atoms with Crippen molar-refractivity contribution in [2.45, 2.75) is 4.83 Å². The van der Waals surface area contributed by atoms with Crippen LogP contribution in [0.4, 0.5) is 8.78 Å². The molecule has 2 nitrogen and oxygen atoms in total. The second-order valence-corrected chi connectivity index (χ2v) is 5.07. The first-order valence-corrected chi connectivity index (χ1v) is 6.79. The minimum absolute atomic E-state index is 0.154. The van der Waals surface area contributed by atoms with Crippen LogP contribution in [0.5, 0.6) is 11.5 Å². The van der Waals surface area contributed by atoms with Crippen molar-refractivity contribution in [3.05, 3.63) is 59.2 Å². The number of hydrogen-bond donors (Lipinski definition) is 0. The average molecular weight is 343 g/mol. The lowest BCUT2D eigenvalue weighted by Crippen LogP contribution is -1.97. The molecule has 106 valence electrons. The minimum atomic E-state index is -0.441. The average Bonchev–Trinajstić information content (AvgIpc) is 2.47. The maximum absolute atomic E-state index is 13.7. The van der Waals surface area contributed by atoms with Crippen molar-refractivity contribution in [1.82, 2.24) is 0 Å². The summed E-state index contributed by atoms with van der Waals surface area (Å²) in [6, 6.07) is 9.21. The van der Waals surface area contributed by atoms with Crippen molar-refractivity contribution in [2.75, 3.05) is 14.2 Å². The minimum Gasteiger partial charge on any atom is -0.494 e. The normalized spacial score (nSPS) is 12.1. The first-order valence-electron chi connectivity index (χ1n) is 5.87. The zero-order valence-corrected chi connectivity index (χ0v) is 12.6.